The number of aromatic amines is 1. The van der Waals surface area contributed by atoms with Gasteiger partial charge in [-0.2, -0.15) is 13.2 Å². The number of benzene rings is 1. The van der Waals surface area contributed by atoms with E-state index >= 15 is 0 Å². The van der Waals surface area contributed by atoms with Crippen LogP contribution in [0.1, 0.15) is 26.4 Å². The Morgan fingerprint density at radius 1 is 0.952 bits per heavy atom. The molecule has 21 heavy (non-hydrogen) atoms. The number of hydrogen-bond acceptors (Lipinski definition) is 2. The fourth-order valence-electron chi connectivity index (χ4n) is 1.65. The second-order valence-corrected chi connectivity index (χ2v) is 4.04. The summed E-state index contributed by atoms with van der Waals surface area (Å²) in [6.07, 6.45) is -3.16. The van der Waals surface area contributed by atoms with Crippen LogP contribution in [0.3, 0.4) is 0 Å². The van der Waals surface area contributed by atoms with Gasteiger partial charge in [-0.1, -0.05) is 12.1 Å². The molecule has 0 bridgehead atoms. The molecule has 0 fully saturated rings. The first-order valence-corrected chi connectivity index (χ1v) is 5.80. The lowest BCUT2D eigenvalue weighted by Gasteiger charge is -2.12. The Morgan fingerprint density at radius 3 is 2.24 bits per heavy atom. The molecule has 0 radical (unpaired) electrons. The first-order valence-electron chi connectivity index (χ1n) is 5.80. The molecule has 1 heterocycles. The number of nitrogens with one attached hydrogen (secondary N) is 3. The minimum atomic E-state index is -4.66. The second-order valence-electron chi connectivity index (χ2n) is 4.04. The molecule has 1 aromatic heterocycles. The molecule has 110 valence electrons. The summed E-state index contributed by atoms with van der Waals surface area (Å²) in [6.45, 7) is 0. The van der Waals surface area contributed by atoms with E-state index < -0.39 is 29.1 Å². The molecule has 1 aromatic carbocycles. The van der Waals surface area contributed by atoms with Gasteiger partial charge in [0.1, 0.15) is 5.69 Å². The lowest BCUT2D eigenvalue weighted by atomic mass is 10.1. The molecule has 2 rings (SSSR count). The van der Waals surface area contributed by atoms with Crippen molar-refractivity contribution in [1.82, 2.24) is 15.8 Å². The molecule has 0 saturated carbocycles. The Morgan fingerprint density at radius 2 is 1.62 bits per heavy atom. The monoisotopic (exact) mass is 297 g/mol. The van der Waals surface area contributed by atoms with E-state index in [1.165, 1.54) is 24.4 Å². The first kappa shape index (κ1) is 14.6. The highest BCUT2D eigenvalue weighted by Crippen LogP contribution is 2.31. The molecule has 0 aliphatic carbocycles. The maximum absolute atomic E-state index is 12.8. The van der Waals surface area contributed by atoms with Crippen molar-refractivity contribution in [3.05, 3.63) is 59.4 Å². The fraction of sp³-hybridized carbons (Fsp3) is 0.0769. The van der Waals surface area contributed by atoms with Gasteiger partial charge in [-0.15, -0.1) is 0 Å². The molecule has 5 nitrogen and oxygen atoms in total. The van der Waals surface area contributed by atoms with Crippen LogP contribution in [0.15, 0.2) is 42.6 Å². The van der Waals surface area contributed by atoms with Crippen LogP contribution in [0.5, 0.6) is 0 Å². The topological polar surface area (TPSA) is 74.0 Å². The van der Waals surface area contributed by atoms with E-state index in [-0.39, 0.29) is 5.69 Å². The van der Waals surface area contributed by atoms with Gasteiger partial charge >= 0.3 is 6.18 Å². The molecule has 8 heteroatoms. The Labute approximate surface area is 117 Å². The lowest BCUT2D eigenvalue weighted by Crippen LogP contribution is -2.42. The minimum Gasteiger partial charge on any atom is -0.357 e. The smallest absolute Gasteiger partial charge is 0.357 e. The number of carbonyl (C=O) groups excluding carboxylic acids is 2. The van der Waals surface area contributed by atoms with Crippen molar-refractivity contribution in [1.29, 1.82) is 0 Å². The minimum absolute atomic E-state index is 0.166. The van der Waals surface area contributed by atoms with Gasteiger partial charge in [0.25, 0.3) is 11.8 Å². The van der Waals surface area contributed by atoms with E-state index in [4.69, 9.17) is 0 Å². The van der Waals surface area contributed by atoms with Gasteiger partial charge in [0.15, 0.2) is 0 Å². The third kappa shape index (κ3) is 3.41. The van der Waals surface area contributed by atoms with Crippen molar-refractivity contribution in [2.75, 3.05) is 0 Å². The van der Waals surface area contributed by atoms with Gasteiger partial charge in [0.05, 0.1) is 11.1 Å². The van der Waals surface area contributed by atoms with Crippen LogP contribution in [0.25, 0.3) is 0 Å². The zero-order valence-electron chi connectivity index (χ0n) is 10.5. The highest BCUT2D eigenvalue weighted by Gasteiger charge is 2.34. The summed E-state index contributed by atoms with van der Waals surface area (Å²) in [6, 6.07) is 7.32. The molecular weight excluding hydrogens is 287 g/mol. The molecule has 2 aromatic rings. The zero-order valence-corrected chi connectivity index (χ0v) is 10.5. The van der Waals surface area contributed by atoms with Gasteiger partial charge in [0.2, 0.25) is 0 Å². The standard InChI is InChI=1S/C13H10F3N3O2/c14-13(15,16)9-5-2-1-4-8(9)11(20)18-19-12(21)10-6-3-7-17-10/h1-7,17H,(H,18,20)(H,19,21). The van der Waals surface area contributed by atoms with Crippen LogP contribution in [0, 0.1) is 0 Å². The summed E-state index contributed by atoms with van der Waals surface area (Å²) in [4.78, 5) is 25.9. The number of alkyl halides is 3. The average Bonchev–Trinajstić information content (AvgIpc) is 2.97. The first-order chi connectivity index (χ1) is 9.89. The highest BCUT2D eigenvalue weighted by atomic mass is 19.4. The quantitative estimate of drug-likeness (QED) is 0.743. The van der Waals surface area contributed by atoms with Crippen LogP contribution in [-0.2, 0) is 6.18 Å². The molecule has 0 spiro atoms. The Kier molecular flexibility index (Phi) is 3.97. The average molecular weight is 297 g/mol. The molecule has 0 unspecified atom stereocenters. The summed E-state index contributed by atoms with van der Waals surface area (Å²) in [5.41, 5.74) is 2.49. The van der Waals surface area contributed by atoms with Gasteiger partial charge in [-0.25, -0.2) is 0 Å². The number of carbonyl (C=O) groups is 2. The number of amides is 2. The van der Waals surface area contributed by atoms with Gasteiger partial charge < -0.3 is 4.98 Å². The Hall–Kier alpha value is -2.77. The lowest BCUT2D eigenvalue weighted by molar-refractivity contribution is -0.137. The predicted molar refractivity (Wildman–Crippen MR) is 67.2 cm³/mol. The van der Waals surface area contributed by atoms with Crippen molar-refractivity contribution in [3.63, 3.8) is 0 Å². The normalized spacial score (nSPS) is 11.0. The molecular formula is C13H10F3N3O2. The van der Waals surface area contributed by atoms with Crippen molar-refractivity contribution >= 4 is 11.8 Å². The van der Waals surface area contributed by atoms with Crippen molar-refractivity contribution < 1.29 is 22.8 Å². The molecule has 3 N–H and O–H groups in total. The number of hydrazine groups is 1. The fourth-order valence-corrected chi connectivity index (χ4v) is 1.65. The molecule has 0 saturated heterocycles. The summed E-state index contributed by atoms with van der Waals surface area (Å²) >= 11 is 0. The number of aromatic nitrogens is 1. The number of hydrogen-bond donors (Lipinski definition) is 3. The number of H-pyrrole nitrogens is 1. The van der Waals surface area contributed by atoms with Crippen LogP contribution >= 0.6 is 0 Å². The Balaban J connectivity index is 2.09. The van der Waals surface area contributed by atoms with Crippen LogP contribution in [0.4, 0.5) is 13.2 Å². The van der Waals surface area contributed by atoms with Crippen molar-refractivity contribution in [2.45, 2.75) is 6.18 Å². The van der Waals surface area contributed by atoms with Crippen LogP contribution in [0.2, 0.25) is 0 Å². The van der Waals surface area contributed by atoms with Gasteiger partial charge in [-0.3, -0.25) is 20.4 Å². The molecule has 2 amide bonds. The van der Waals surface area contributed by atoms with E-state index in [0.29, 0.717) is 0 Å². The summed E-state index contributed by atoms with van der Waals surface area (Å²) in [5, 5.41) is 0. The molecule has 0 aliphatic rings. The highest BCUT2D eigenvalue weighted by molar-refractivity contribution is 5.99. The van der Waals surface area contributed by atoms with E-state index in [0.717, 1.165) is 12.1 Å². The van der Waals surface area contributed by atoms with E-state index in [9.17, 15) is 22.8 Å². The van der Waals surface area contributed by atoms with Crippen LogP contribution in [-0.4, -0.2) is 16.8 Å². The Bertz CT molecular complexity index is 651. The zero-order chi connectivity index (χ0) is 15.5. The van der Waals surface area contributed by atoms with E-state index in [1.807, 2.05) is 10.9 Å². The largest absolute Gasteiger partial charge is 0.417 e. The SMILES string of the molecule is O=C(NNC(=O)c1ccccc1C(F)(F)F)c1ccc[nH]1. The van der Waals surface area contributed by atoms with E-state index in [1.54, 1.807) is 6.07 Å². The van der Waals surface area contributed by atoms with Crippen molar-refractivity contribution in [3.8, 4) is 0 Å². The maximum atomic E-state index is 12.8. The third-order valence-electron chi connectivity index (χ3n) is 2.61. The third-order valence-corrected chi connectivity index (χ3v) is 2.61. The molecule has 0 atom stereocenters. The van der Waals surface area contributed by atoms with Crippen molar-refractivity contribution in [2.24, 2.45) is 0 Å². The second kappa shape index (κ2) is 5.70. The summed E-state index contributed by atoms with van der Waals surface area (Å²) < 4.78 is 38.3. The predicted octanol–water partition coefficient (Wildman–Crippen LogP) is 2.11. The van der Waals surface area contributed by atoms with Gasteiger partial charge in [-0.05, 0) is 24.3 Å². The van der Waals surface area contributed by atoms with Crippen LogP contribution < -0.4 is 10.9 Å². The number of rotatable bonds is 2. The molecule has 0 aliphatic heterocycles. The number of halogens is 3. The summed E-state index contributed by atoms with van der Waals surface area (Å²) in [5.74, 6) is -1.72. The van der Waals surface area contributed by atoms with Gasteiger partial charge in [0, 0.05) is 6.20 Å². The maximum Gasteiger partial charge on any atom is 0.417 e. The van der Waals surface area contributed by atoms with E-state index in [2.05, 4.69) is 4.98 Å². The summed E-state index contributed by atoms with van der Waals surface area (Å²) in [7, 11) is 0.